The van der Waals surface area contributed by atoms with E-state index in [-0.39, 0.29) is 0 Å². The minimum atomic E-state index is 0.621. The van der Waals surface area contributed by atoms with Gasteiger partial charge in [0.1, 0.15) is 0 Å². The van der Waals surface area contributed by atoms with Gasteiger partial charge >= 0.3 is 0 Å². The summed E-state index contributed by atoms with van der Waals surface area (Å²) in [5, 5.41) is 3.64. The van der Waals surface area contributed by atoms with Gasteiger partial charge in [0.25, 0.3) is 0 Å². The molecule has 0 aromatic heterocycles. The van der Waals surface area contributed by atoms with Gasteiger partial charge in [-0.15, -0.1) is 0 Å². The molecule has 1 N–H and O–H groups in total. The maximum atomic E-state index is 3.64. The van der Waals surface area contributed by atoms with Gasteiger partial charge in [-0.1, -0.05) is 38.8 Å². The van der Waals surface area contributed by atoms with Gasteiger partial charge in [-0.3, -0.25) is 0 Å². The van der Waals surface area contributed by atoms with Crippen LogP contribution in [0.25, 0.3) is 0 Å². The van der Waals surface area contributed by atoms with Crippen LogP contribution < -0.4 is 5.32 Å². The van der Waals surface area contributed by atoms with E-state index in [2.05, 4.69) is 43.4 Å². The van der Waals surface area contributed by atoms with Gasteiger partial charge < -0.3 is 5.32 Å². The van der Waals surface area contributed by atoms with Crippen LogP contribution in [0.2, 0.25) is 0 Å². The van der Waals surface area contributed by atoms with Gasteiger partial charge in [-0.25, -0.2) is 0 Å². The van der Waals surface area contributed by atoms with E-state index in [9.17, 15) is 0 Å². The Kier molecular flexibility index (Phi) is 3.30. The van der Waals surface area contributed by atoms with E-state index in [0.29, 0.717) is 12.0 Å². The average Bonchev–Trinajstić information content (AvgIpc) is 2.71. The summed E-state index contributed by atoms with van der Waals surface area (Å²) in [4.78, 5) is 0. The van der Waals surface area contributed by atoms with E-state index in [4.69, 9.17) is 0 Å². The van der Waals surface area contributed by atoms with Crippen LogP contribution in [-0.4, -0.2) is 6.04 Å². The summed E-state index contributed by atoms with van der Waals surface area (Å²) < 4.78 is 0. The molecule has 0 spiro atoms. The van der Waals surface area contributed by atoms with Crippen molar-refractivity contribution in [1.29, 1.82) is 0 Å². The number of hydrogen-bond acceptors (Lipinski definition) is 1. The molecule has 1 nitrogen and oxygen atoms in total. The first-order chi connectivity index (χ1) is 7.25. The number of hydrogen-bond donors (Lipinski definition) is 1. The molecule has 0 amide bonds. The molecule has 15 heavy (non-hydrogen) atoms. The predicted molar refractivity (Wildman–Crippen MR) is 66.4 cm³/mol. The topological polar surface area (TPSA) is 12.0 Å². The van der Waals surface area contributed by atoms with Crippen LogP contribution >= 0.6 is 0 Å². The third-order valence-electron chi connectivity index (χ3n) is 3.28. The van der Waals surface area contributed by atoms with E-state index in [1.807, 2.05) is 0 Å². The van der Waals surface area contributed by atoms with Crippen molar-refractivity contribution in [2.75, 3.05) is 5.32 Å². The second kappa shape index (κ2) is 4.69. The van der Waals surface area contributed by atoms with Crippen LogP contribution in [0.3, 0.4) is 0 Å². The molecule has 1 saturated carbocycles. The molecule has 1 fully saturated rings. The Bertz CT molecular complexity index is 311. The van der Waals surface area contributed by atoms with Gasteiger partial charge in [0.15, 0.2) is 0 Å². The fourth-order valence-electron chi connectivity index (χ4n) is 2.29. The second-order valence-electron chi connectivity index (χ2n) is 4.91. The summed E-state index contributed by atoms with van der Waals surface area (Å²) >= 11 is 0. The summed E-state index contributed by atoms with van der Waals surface area (Å²) in [6.07, 6.45) is 5.46. The first-order valence-corrected chi connectivity index (χ1v) is 6.12. The van der Waals surface area contributed by atoms with Crippen LogP contribution in [0.4, 0.5) is 5.69 Å². The highest BCUT2D eigenvalue weighted by atomic mass is 14.9. The normalized spacial score (nSPS) is 17.3. The van der Waals surface area contributed by atoms with E-state index < -0.39 is 0 Å². The van der Waals surface area contributed by atoms with Crippen LogP contribution in [0.1, 0.15) is 51.0 Å². The minimum Gasteiger partial charge on any atom is -0.382 e. The zero-order chi connectivity index (χ0) is 10.7. The molecule has 1 aromatic carbocycles. The van der Waals surface area contributed by atoms with Crippen LogP contribution in [-0.2, 0) is 0 Å². The van der Waals surface area contributed by atoms with Gasteiger partial charge in [-0.05, 0) is 36.5 Å². The van der Waals surface area contributed by atoms with Gasteiger partial charge in [0, 0.05) is 11.7 Å². The summed E-state index contributed by atoms with van der Waals surface area (Å²) in [7, 11) is 0. The highest BCUT2D eigenvalue weighted by Gasteiger charge is 2.14. The molecular formula is C14H21N. The van der Waals surface area contributed by atoms with Gasteiger partial charge in [-0.2, -0.15) is 0 Å². The fourth-order valence-corrected chi connectivity index (χ4v) is 2.29. The largest absolute Gasteiger partial charge is 0.382 e. The highest BCUT2D eigenvalue weighted by molar-refractivity contribution is 5.47. The average molecular weight is 203 g/mol. The molecule has 0 saturated heterocycles. The molecule has 1 aliphatic carbocycles. The molecular weight excluding hydrogens is 182 g/mol. The van der Waals surface area contributed by atoms with Crippen molar-refractivity contribution in [3.8, 4) is 0 Å². The molecule has 2 rings (SSSR count). The molecule has 1 heteroatoms. The molecule has 1 aromatic rings. The Hall–Kier alpha value is -0.980. The number of nitrogens with one attached hydrogen (secondary N) is 1. The molecule has 1 aliphatic rings. The van der Waals surface area contributed by atoms with Crippen molar-refractivity contribution in [2.24, 2.45) is 0 Å². The van der Waals surface area contributed by atoms with Crippen molar-refractivity contribution in [1.82, 2.24) is 0 Å². The molecule has 0 bridgehead atoms. The SMILES string of the molecule is CC(C)c1cccc(NC2CCCC2)c1. The van der Waals surface area contributed by atoms with Crippen LogP contribution in [0.15, 0.2) is 24.3 Å². The van der Waals surface area contributed by atoms with E-state index in [1.165, 1.54) is 36.9 Å². The lowest BCUT2D eigenvalue weighted by atomic mass is 10.0. The zero-order valence-electron chi connectivity index (χ0n) is 9.79. The lowest BCUT2D eigenvalue weighted by molar-refractivity contribution is 0.754. The summed E-state index contributed by atoms with van der Waals surface area (Å²) in [6, 6.07) is 9.57. The van der Waals surface area contributed by atoms with Gasteiger partial charge in [0.2, 0.25) is 0 Å². The predicted octanol–water partition coefficient (Wildman–Crippen LogP) is 4.16. The maximum absolute atomic E-state index is 3.64. The highest BCUT2D eigenvalue weighted by Crippen LogP contribution is 2.24. The second-order valence-corrected chi connectivity index (χ2v) is 4.91. The Labute approximate surface area is 92.9 Å². The minimum absolute atomic E-state index is 0.621. The summed E-state index contributed by atoms with van der Waals surface area (Å²) in [6.45, 7) is 4.49. The van der Waals surface area contributed by atoms with Crippen molar-refractivity contribution in [2.45, 2.75) is 51.5 Å². The van der Waals surface area contributed by atoms with Crippen LogP contribution in [0, 0.1) is 0 Å². The Morgan fingerprint density at radius 1 is 1.20 bits per heavy atom. The molecule has 0 radical (unpaired) electrons. The first kappa shape index (κ1) is 10.5. The first-order valence-electron chi connectivity index (χ1n) is 6.12. The fraction of sp³-hybridized carbons (Fsp3) is 0.571. The smallest absolute Gasteiger partial charge is 0.0345 e. The Morgan fingerprint density at radius 3 is 2.60 bits per heavy atom. The van der Waals surface area contributed by atoms with Crippen molar-refractivity contribution in [3.63, 3.8) is 0 Å². The molecule has 0 heterocycles. The molecule has 82 valence electrons. The maximum Gasteiger partial charge on any atom is 0.0345 e. The molecule has 0 unspecified atom stereocenters. The lowest BCUT2D eigenvalue weighted by Gasteiger charge is -2.15. The Morgan fingerprint density at radius 2 is 1.93 bits per heavy atom. The third-order valence-corrected chi connectivity index (χ3v) is 3.28. The lowest BCUT2D eigenvalue weighted by Crippen LogP contribution is -2.14. The van der Waals surface area contributed by atoms with E-state index in [1.54, 1.807) is 0 Å². The van der Waals surface area contributed by atoms with Crippen molar-refractivity contribution < 1.29 is 0 Å². The van der Waals surface area contributed by atoms with Gasteiger partial charge in [0.05, 0.1) is 0 Å². The summed E-state index contributed by atoms with van der Waals surface area (Å²) in [5.74, 6) is 0.621. The molecule has 0 aliphatic heterocycles. The number of anilines is 1. The number of benzene rings is 1. The monoisotopic (exact) mass is 203 g/mol. The Balaban J connectivity index is 2.04. The van der Waals surface area contributed by atoms with E-state index in [0.717, 1.165) is 0 Å². The van der Waals surface area contributed by atoms with Crippen molar-refractivity contribution >= 4 is 5.69 Å². The van der Waals surface area contributed by atoms with Crippen molar-refractivity contribution in [3.05, 3.63) is 29.8 Å². The number of rotatable bonds is 3. The quantitative estimate of drug-likeness (QED) is 0.777. The van der Waals surface area contributed by atoms with Crippen LogP contribution in [0.5, 0.6) is 0 Å². The molecule has 0 atom stereocenters. The zero-order valence-corrected chi connectivity index (χ0v) is 9.79. The summed E-state index contributed by atoms with van der Waals surface area (Å²) in [5.41, 5.74) is 2.73. The van der Waals surface area contributed by atoms with E-state index >= 15 is 0 Å². The standard InChI is InChI=1S/C14H21N/c1-11(2)12-6-5-9-14(10-12)15-13-7-3-4-8-13/h5-6,9-11,13,15H,3-4,7-8H2,1-2H3. The third kappa shape index (κ3) is 2.74.